The largest absolute Gasteiger partial charge is 0.492 e. The number of amides is 1. The third kappa shape index (κ3) is 6.96. The molecular formula is C24H27FN4O2. The van der Waals surface area contributed by atoms with Crippen molar-refractivity contribution in [3.8, 4) is 11.8 Å². The number of nitrogens with zero attached hydrogens (tertiary/aromatic N) is 2. The molecule has 6 nitrogen and oxygen atoms in total. The third-order valence-electron chi connectivity index (χ3n) is 4.13. The minimum Gasteiger partial charge on any atom is -0.492 e. The molecule has 0 aliphatic heterocycles. The van der Waals surface area contributed by atoms with Gasteiger partial charge < -0.3 is 15.8 Å². The van der Waals surface area contributed by atoms with E-state index in [0.29, 0.717) is 35.0 Å². The van der Waals surface area contributed by atoms with E-state index in [4.69, 9.17) is 10.5 Å². The van der Waals surface area contributed by atoms with Crippen molar-refractivity contribution < 1.29 is 13.9 Å². The summed E-state index contributed by atoms with van der Waals surface area (Å²) in [5.74, 6) is -0.380. The summed E-state index contributed by atoms with van der Waals surface area (Å²) in [4.78, 5) is 17.2. The molecule has 0 aliphatic carbocycles. The lowest BCUT2D eigenvalue weighted by Crippen LogP contribution is -2.22. The number of benzene rings is 2. The number of nitrogens with one attached hydrogen (secondary N) is 1. The van der Waals surface area contributed by atoms with Crippen molar-refractivity contribution in [2.45, 2.75) is 34.6 Å². The van der Waals surface area contributed by atoms with Crippen LogP contribution in [0, 0.1) is 22.6 Å². The quantitative estimate of drug-likeness (QED) is 0.500. The highest BCUT2D eigenvalue weighted by Gasteiger charge is 2.17. The van der Waals surface area contributed by atoms with Gasteiger partial charge in [-0.2, -0.15) is 5.26 Å². The molecule has 0 spiro atoms. The highest BCUT2D eigenvalue weighted by Crippen LogP contribution is 2.25. The fourth-order valence-electron chi connectivity index (χ4n) is 2.70. The van der Waals surface area contributed by atoms with Gasteiger partial charge in [-0.1, -0.05) is 20.8 Å². The van der Waals surface area contributed by atoms with E-state index in [0.717, 1.165) is 0 Å². The van der Waals surface area contributed by atoms with Crippen molar-refractivity contribution >= 4 is 23.0 Å². The maximum atomic E-state index is 13.1. The molecule has 31 heavy (non-hydrogen) atoms. The molecule has 162 valence electrons. The number of aliphatic imine (C=N–C) groups is 1. The highest BCUT2D eigenvalue weighted by atomic mass is 19.1. The van der Waals surface area contributed by atoms with Crippen molar-refractivity contribution in [2.24, 2.45) is 16.1 Å². The summed E-state index contributed by atoms with van der Waals surface area (Å²) in [5, 5.41) is 12.2. The number of hydrogen-bond donors (Lipinski definition) is 2. The van der Waals surface area contributed by atoms with Crippen LogP contribution in [0.15, 0.2) is 58.7 Å². The van der Waals surface area contributed by atoms with Crippen molar-refractivity contribution in [1.29, 1.82) is 5.26 Å². The summed E-state index contributed by atoms with van der Waals surface area (Å²) in [5.41, 5.74) is 7.99. The lowest BCUT2D eigenvalue weighted by atomic mass is 9.98. The van der Waals surface area contributed by atoms with Gasteiger partial charge in [0.25, 0.3) is 5.91 Å². The van der Waals surface area contributed by atoms with Crippen LogP contribution in [0.1, 0.15) is 40.2 Å². The second-order valence-electron chi connectivity index (χ2n) is 8.36. The Morgan fingerprint density at radius 2 is 1.84 bits per heavy atom. The molecule has 0 heterocycles. The molecule has 2 aromatic carbocycles. The molecule has 0 saturated carbocycles. The summed E-state index contributed by atoms with van der Waals surface area (Å²) in [6.45, 7) is 9.80. The van der Waals surface area contributed by atoms with Crippen LogP contribution < -0.4 is 15.8 Å². The Kier molecular flexibility index (Phi) is 7.54. The zero-order valence-electron chi connectivity index (χ0n) is 18.4. The Labute approximate surface area is 182 Å². The fourth-order valence-corrected chi connectivity index (χ4v) is 2.70. The van der Waals surface area contributed by atoms with Gasteiger partial charge in [0.1, 0.15) is 17.6 Å². The average Bonchev–Trinajstić information content (AvgIpc) is 2.67. The highest BCUT2D eigenvalue weighted by molar-refractivity contribution is 6.25. The molecule has 0 fully saturated rings. The van der Waals surface area contributed by atoms with Crippen LogP contribution in [0.25, 0.3) is 0 Å². The first-order valence-corrected chi connectivity index (χ1v) is 9.76. The predicted octanol–water partition coefficient (Wildman–Crippen LogP) is 5.09. The Morgan fingerprint density at radius 3 is 2.39 bits per heavy atom. The van der Waals surface area contributed by atoms with Gasteiger partial charge in [-0.15, -0.1) is 0 Å². The van der Waals surface area contributed by atoms with Crippen molar-refractivity contribution in [2.75, 3.05) is 11.9 Å². The van der Waals surface area contributed by atoms with E-state index >= 15 is 0 Å². The molecular weight excluding hydrogens is 395 g/mol. The number of halogens is 1. The lowest BCUT2D eigenvalue weighted by molar-refractivity contribution is -0.112. The van der Waals surface area contributed by atoms with E-state index in [2.05, 4.69) is 16.4 Å². The minimum atomic E-state index is -0.462. The first-order valence-electron chi connectivity index (χ1n) is 9.76. The summed E-state index contributed by atoms with van der Waals surface area (Å²) in [7, 11) is 0. The summed E-state index contributed by atoms with van der Waals surface area (Å²) >= 11 is 0. The second-order valence-corrected chi connectivity index (χ2v) is 8.36. The summed E-state index contributed by atoms with van der Waals surface area (Å²) in [6, 6.07) is 12.5. The number of hydrogen-bond acceptors (Lipinski definition) is 5. The second kappa shape index (κ2) is 9.90. The molecule has 0 aliphatic rings. The van der Waals surface area contributed by atoms with E-state index in [1.165, 1.54) is 24.3 Å². The molecule has 3 N–H and O–H groups in total. The number of nitrogens with two attached hydrogens (primary N) is 1. The van der Waals surface area contributed by atoms with Crippen LogP contribution in [0.2, 0.25) is 0 Å². The smallest absolute Gasteiger partial charge is 0.259 e. The first-order chi connectivity index (χ1) is 14.5. The monoisotopic (exact) mass is 422 g/mol. The summed E-state index contributed by atoms with van der Waals surface area (Å²) in [6.07, 6.45) is 0. The Hall–Kier alpha value is -3.66. The standard InChI is InChI=1S/C24H27FN4O2/c1-15(27)22(16(2)28-19-8-6-18(25)7-9-19)23(30)29-20-10-11-21(17(12-20)13-26)31-14-24(3,4)5/h6-12H,14,27H2,1-5H3,(H,29,30). The average molecular weight is 423 g/mol. The molecule has 0 radical (unpaired) electrons. The van der Waals surface area contributed by atoms with Crippen molar-refractivity contribution in [3.05, 3.63) is 65.1 Å². The normalized spacial score (nSPS) is 12.6. The van der Waals surface area contributed by atoms with Crippen LogP contribution >= 0.6 is 0 Å². The van der Waals surface area contributed by atoms with Crippen LogP contribution in [0.3, 0.4) is 0 Å². The summed E-state index contributed by atoms with van der Waals surface area (Å²) < 4.78 is 18.8. The number of anilines is 1. The van der Waals surface area contributed by atoms with Gasteiger partial charge in [-0.25, -0.2) is 4.39 Å². The number of allylic oxidation sites excluding steroid dienone is 1. The minimum absolute atomic E-state index is 0.0562. The van der Waals surface area contributed by atoms with Crippen molar-refractivity contribution in [3.63, 3.8) is 0 Å². The lowest BCUT2D eigenvalue weighted by Gasteiger charge is -2.19. The SMILES string of the molecule is CC(=Nc1ccc(F)cc1)C(C(=O)Nc1ccc(OCC(C)(C)C)c(C#N)c1)=C(C)N. The van der Waals surface area contributed by atoms with E-state index in [1.807, 2.05) is 20.8 Å². The van der Waals surface area contributed by atoms with Crippen LogP contribution in [-0.4, -0.2) is 18.2 Å². The zero-order chi connectivity index (χ0) is 23.2. The van der Waals surface area contributed by atoms with Gasteiger partial charge in [0.2, 0.25) is 0 Å². The topological polar surface area (TPSA) is 100 Å². The molecule has 2 aromatic rings. The number of carbonyl (C=O) groups is 1. The Bertz CT molecular complexity index is 1050. The van der Waals surface area contributed by atoms with Gasteiger partial charge in [0.15, 0.2) is 0 Å². The Morgan fingerprint density at radius 1 is 1.19 bits per heavy atom. The van der Waals surface area contributed by atoms with Gasteiger partial charge in [-0.05, 0) is 61.7 Å². The number of ether oxygens (including phenoxy) is 1. The van der Waals surface area contributed by atoms with Crippen LogP contribution in [0.4, 0.5) is 15.8 Å². The molecule has 0 bridgehead atoms. The Balaban J connectivity index is 2.24. The molecule has 0 unspecified atom stereocenters. The van der Waals surface area contributed by atoms with Gasteiger partial charge in [0, 0.05) is 11.4 Å². The van der Waals surface area contributed by atoms with E-state index in [1.54, 1.807) is 32.0 Å². The van der Waals surface area contributed by atoms with Crippen LogP contribution in [0.5, 0.6) is 5.75 Å². The zero-order valence-corrected chi connectivity index (χ0v) is 18.4. The van der Waals surface area contributed by atoms with Gasteiger partial charge >= 0.3 is 0 Å². The third-order valence-corrected chi connectivity index (χ3v) is 4.13. The first kappa shape index (κ1) is 23.6. The molecule has 0 aromatic heterocycles. The van der Waals surface area contributed by atoms with Crippen molar-refractivity contribution in [1.82, 2.24) is 0 Å². The van der Waals surface area contributed by atoms with E-state index < -0.39 is 5.91 Å². The fraction of sp³-hybridized carbons (Fsp3) is 0.292. The van der Waals surface area contributed by atoms with Gasteiger partial charge in [-0.3, -0.25) is 9.79 Å². The van der Waals surface area contributed by atoms with Crippen LogP contribution in [-0.2, 0) is 4.79 Å². The number of carbonyl (C=O) groups excluding carboxylic acids is 1. The maximum Gasteiger partial charge on any atom is 0.259 e. The molecule has 7 heteroatoms. The number of nitriles is 1. The molecule has 0 saturated heterocycles. The van der Waals surface area contributed by atoms with E-state index in [-0.39, 0.29) is 22.5 Å². The van der Waals surface area contributed by atoms with E-state index in [9.17, 15) is 14.4 Å². The molecule has 1 amide bonds. The molecule has 2 rings (SSSR count). The predicted molar refractivity (Wildman–Crippen MR) is 121 cm³/mol. The van der Waals surface area contributed by atoms with Gasteiger partial charge in [0.05, 0.1) is 29.1 Å². The molecule has 0 atom stereocenters. The number of rotatable bonds is 6. The maximum absolute atomic E-state index is 13.1.